The second-order valence-electron chi connectivity index (χ2n) is 12.1. The van der Waals surface area contributed by atoms with Crippen LogP contribution in [0.2, 0.25) is 0 Å². The molecule has 7 nitrogen and oxygen atoms in total. The molecule has 10 atom stereocenters. The molecule has 1 amide bonds. The van der Waals surface area contributed by atoms with Crippen molar-refractivity contribution in [3.05, 3.63) is 11.6 Å². The Morgan fingerprint density at radius 1 is 1.18 bits per heavy atom. The number of nitrogens with two attached hydrogens (primary N) is 1. The molecule has 4 aliphatic carbocycles. The number of amides is 1. The molecule has 0 aromatic carbocycles. The maximum Gasteiger partial charge on any atom is 0.331 e. The summed E-state index contributed by atoms with van der Waals surface area (Å²) in [5.74, 6) is 0.435. The zero-order valence-electron chi connectivity index (χ0n) is 20.2. The molecule has 0 bridgehead atoms. The predicted molar refractivity (Wildman–Crippen MR) is 123 cm³/mol. The molecule has 0 unspecified atom stereocenters. The van der Waals surface area contributed by atoms with Gasteiger partial charge in [-0.1, -0.05) is 13.8 Å². The first-order valence-electron chi connectivity index (χ1n) is 12.8. The average molecular weight is 461 g/mol. The second kappa shape index (κ2) is 7.79. The van der Waals surface area contributed by atoms with Crippen LogP contribution in [0.5, 0.6) is 0 Å². The number of ether oxygens (including phenoxy) is 1. The maximum absolute atomic E-state index is 12.3. The summed E-state index contributed by atoms with van der Waals surface area (Å²) in [5, 5.41) is 27.0. The normalized spacial score (nSPS) is 49.9. The topological polar surface area (TPSA) is 122 Å². The Morgan fingerprint density at radius 3 is 2.61 bits per heavy atom. The molecule has 0 aromatic rings. The standard InChI is InChI=1S/C26H40N2O5/c1-14(27)23(31)28-17-6-8-24(2)16(11-17)4-5-19-20(24)12-21(29)25(3)18(7-9-26(19,25)32)15-10-22(30)33-13-15/h10,14,16-21,29,32H,4-9,11-13,27H2,1-3H3,(H,28,31)/t14-,16-,17-,18-,19-,20-,21-,24-,25-,26-/m1/s1. The number of cyclic esters (lactones) is 1. The summed E-state index contributed by atoms with van der Waals surface area (Å²) >= 11 is 0. The van der Waals surface area contributed by atoms with E-state index >= 15 is 0 Å². The molecule has 5 aliphatic rings. The quantitative estimate of drug-likeness (QED) is 0.478. The minimum absolute atomic E-state index is 0.0281. The van der Waals surface area contributed by atoms with Crippen LogP contribution in [-0.2, 0) is 14.3 Å². The van der Waals surface area contributed by atoms with E-state index in [1.165, 1.54) is 0 Å². The fraction of sp³-hybridized carbons (Fsp3) is 0.846. The summed E-state index contributed by atoms with van der Waals surface area (Å²) in [4.78, 5) is 23.9. The van der Waals surface area contributed by atoms with Crippen molar-refractivity contribution in [3.8, 4) is 0 Å². The molecular weight excluding hydrogens is 420 g/mol. The van der Waals surface area contributed by atoms with Crippen LogP contribution >= 0.6 is 0 Å². The van der Waals surface area contributed by atoms with Gasteiger partial charge in [0.2, 0.25) is 5.91 Å². The van der Waals surface area contributed by atoms with Gasteiger partial charge in [0.25, 0.3) is 0 Å². The van der Waals surface area contributed by atoms with E-state index in [9.17, 15) is 19.8 Å². The van der Waals surface area contributed by atoms with E-state index in [1.54, 1.807) is 13.0 Å². The first kappa shape index (κ1) is 23.3. The largest absolute Gasteiger partial charge is 0.458 e. The molecule has 33 heavy (non-hydrogen) atoms. The molecule has 4 fully saturated rings. The van der Waals surface area contributed by atoms with Gasteiger partial charge in [0, 0.05) is 17.5 Å². The summed E-state index contributed by atoms with van der Waals surface area (Å²) in [6.45, 7) is 6.40. The Morgan fingerprint density at radius 2 is 1.94 bits per heavy atom. The number of carbonyl (C=O) groups excluding carboxylic acids is 2. The monoisotopic (exact) mass is 460 g/mol. The molecule has 1 aliphatic heterocycles. The van der Waals surface area contributed by atoms with Crippen LogP contribution in [0, 0.1) is 34.5 Å². The number of fused-ring (bicyclic) bond motifs is 5. The molecule has 5 N–H and O–H groups in total. The highest BCUT2D eigenvalue weighted by atomic mass is 16.5. The fourth-order valence-corrected chi connectivity index (χ4v) is 8.85. The van der Waals surface area contributed by atoms with E-state index in [4.69, 9.17) is 10.5 Å². The van der Waals surface area contributed by atoms with Gasteiger partial charge < -0.3 is 26.0 Å². The smallest absolute Gasteiger partial charge is 0.331 e. The minimum Gasteiger partial charge on any atom is -0.458 e. The molecule has 0 radical (unpaired) electrons. The number of hydrogen-bond donors (Lipinski definition) is 4. The maximum atomic E-state index is 12.3. The zero-order chi connectivity index (χ0) is 23.8. The first-order valence-corrected chi connectivity index (χ1v) is 12.8. The third-order valence-electron chi connectivity index (χ3n) is 10.8. The van der Waals surface area contributed by atoms with Gasteiger partial charge in [0.05, 0.1) is 17.7 Å². The summed E-state index contributed by atoms with van der Waals surface area (Å²) in [7, 11) is 0. The highest BCUT2D eigenvalue weighted by Gasteiger charge is 2.70. The number of rotatable bonds is 3. The van der Waals surface area contributed by atoms with Crippen molar-refractivity contribution in [2.75, 3.05) is 6.61 Å². The third kappa shape index (κ3) is 3.25. The van der Waals surface area contributed by atoms with Crippen molar-refractivity contribution in [3.63, 3.8) is 0 Å². The number of carbonyl (C=O) groups is 2. The lowest BCUT2D eigenvalue weighted by Crippen LogP contribution is -2.67. The van der Waals surface area contributed by atoms with Gasteiger partial charge in [-0.3, -0.25) is 4.79 Å². The fourth-order valence-electron chi connectivity index (χ4n) is 8.85. The van der Waals surface area contributed by atoms with E-state index in [0.717, 1.165) is 44.1 Å². The van der Waals surface area contributed by atoms with Crippen LogP contribution in [0.15, 0.2) is 11.6 Å². The summed E-state index contributed by atoms with van der Waals surface area (Å²) < 4.78 is 5.18. The Balaban J connectivity index is 1.39. The zero-order valence-corrected chi connectivity index (χ0v) is 20.2. The van der Waals surface area contributed by atoms with E-state index in [1.807, 2.05) is 6.92 Å². The Bertz CT molecular complexity index is 873. The van der Waals surface area contributed by atoms with Crippen molar-refractivity contribution in [1.29, 1.82) is 0 Å². The van der Waals surface area contributed by atoms with Gasteiger partial charge >= 0.3 is 5.97 Å². The number of aliphatic hydroxyl groups excluding tert-OH is 1. The second-order valence-corrected chi connectivity index (χ2v) is 12.1. The van der Waals surface area contributed by atoms with Crippen molar-refractivity contribution in [1.82, 2.24) is 5.32 Å². The summed E-state index contributed by atoms with van der Waals surface area (Å²) in [6.07, 6.45) is 7.90. The number of esters is 1. The van der Waals surface area contributed by atoms with Gasteiger partial charge in [-0.2, -0.15) is 0 Å². The van der Waals surface area contributed by atoms with Crippen LogP contribution in [0.4, 0.5) is 0 Å². The van der Waals surface area contributed by atoms with Gasteiger partial charge in [-0.05, 0) is 93.0 Å². The van der Waals surface area contributed by atoms with Crippen LogP contribution in [0.1, 0.15) is 72.1 Å². The van der Waals surface area contributed by atoms with Gasteiger partial charge in [-0.25, -0.2) is 4.79 Å². The summed E-state index contributed by atoms with van der Waals surface area (Å²) in [5.41, 5.74) is 5.12. The van der Waals surface area contributed by atoms with Crippen molar-refractivity contribution < 1.29 is 24.5 Å². The van der Waals surface area contributed by atoms with Crippen molar-refractivity contribution in [2.45, 2.75) is 95.9 Å². The molecule has 0 aromatic heterocycles. The van der Waals surface area contributed by atoms with Crippen molar-refractivity contribution >= 4 is 11.9 Å². The minimum atomic E-state index is -0.944. The molecule has 4 saturated carbocycles. The van der Waals surface area contributed by atoms with Crippen LogP contribution in [0.3, 0.4) is 0 Å². The predicted octanol–water partition coefficient (Wildman–Crippen LogP) is 2.05. The summed E-state index contributed by atoms with van der Waals surface area (Å²) in [6, 6.07) is -0.344. The lowest BCUT2D eigenvalue weighted by atomic mass is 9.42. The van der Waals surface area contributed by atoms with Gasteiger partial charge in [0.1, 0.15) is 6.61 Å². The third-order valence-corrected chi connectivity index (χ3v) is 10.8. The first-order chi connectivity index (χ1) is 15.5. The molecule has 7 heteroatoms. The molecule has 5 rings (SSSR count). The van der Waals surface area contributed by atoms with Crippen LogP contribution < -0.4 is 11.1 Å². The molecule has 184 valence electrons. The molecule has 0 spiro atoms. The Kier molecular flexibility index (Phi) is 5.50. The van der Waals surface area contributed by atoms with Crippen LogP contribution in [0.25, 0.3) is 0 Å². The lowest BCUT2D eigenvalue weighted by molar-refractivity contribution is -0.243. The van der Waals surface area contributed by atoms with E-state index < -0.39 is 23.2 Å². The van der Waals surface area contributed by atoms with E-state index in [2.05, 4.69) is 12.2 Å². The Hall–Kier alpha value is -1.44. The van der Waals surface area contributed by atoms with Crippen molar-refractivity contribution in [2.24, 2.45) is 40.2 Å². The molecular formula is C26H40N2O5. The highest BCUT2D eigenvalue weighted by molar-refractivity contribution is 5.85. The van der Waals surface area contributed by atoms with Gasteiger partial charge in [0.15, 0.2) is 0 Å². The van der Waals surface area contributed by atoms with Crippen LogP contribution in [-0.4, -0.2) is 52.5 Å². The lowest BCUT2D eigenvalue weighted by Gasteiger charge is -2.65. The number of hydrogen-bond acceptors (Lipinski definition) is 6. The molecule has 1 heterocycles. The SMILES string of the molecule is C[C@@H](N)C(=O)N[C@@H]1CC[C@]2(C)[C@H](CC[C@@H]3[C@H]2C[C@@H](O)[C@@]2(C)[C@@H](C4=CC(=O)OC4)CC[C@@]32O)C1. The highest BCUT2D eigenvalue weighted by Crippen LogP contribution is 2.69. The number of nitrogens with one attached hydrogen (secondary N) is 1. The molecule has 0 saturated heterocycles. The van der Waals surface area contributed by atoms with E-state index in [0.29, 0.717) is 18.8 Å². The van der Waals surface area contributed by atoms with Gasteiger partial charge in [-0.15, -0.1) is 0 Å². The average Bonchev–Trinajstić information content (AvgIpc) is 3.30. The Labute approximate surface area is 196 Å². The van der Waals surface area contributed by atoms with E-state index in [-0.39, 0.29) is 47.7 Å². The number of aliphatic hydroxyl groups is 2.